The molecule has 1 saturated carbocycles. The van der Waals surface area contributed by atoms with E-state index in [0.29, 0.717) is 11.5 Å². The summed E-state index contributed by atoms with van der Waals surface area (Å²) in [6, 6.07) is 3.10. The van der Waals surface area contributed by atoms with Crippen LogP contribution in [-0.2, 0) is 7.05 Å². The summed E-state index contributed by atoms with van der Waals surface area (Å²) in [7, 11) is 1.68. The zero-order valence-corrected chi connectivity index (χ0v) is 13.3. The van der Waals surface area contributed by atoms with Gasteiger partial charge in [0, 0.05) is 31.4 Å². The third-order valence-electron chi connectivity index (χ3n) is 4.50. The van der Waals surface area contributed by atoms with Crippen molar-refractivity contribution in [3.05, 3.63) is 34.2 Å². The van der Waals surface area contributed by atoms with E-state index in [0.717, 1.165) is 13.0 Å². The fraction of sp³-hybridized carbons (Fsp3) is 0.647. The summed E-state index contributed by atoms with van der Waals surface area (Å²) in [5.41, 5.74) is 0.556. The number of amides is 1. The van der Waals surface area contributed by atoms with E-state index in [1.165, 1.54) is 36.3 Å². The molecule has 0 unspecified atom stereocenters. The number of carbonyl (C=O) groups excluding carboxylic acids is 1. The van der Waals surface area contributed by atoms with Gasteiger partial charge in [-0.2, -0.15) is 0 Å². The normalized spacial score (nSPS) is 17.1. The molecule has 1 aliphatic carbocycles. The highest BCUT2D eigenvalue weighted by Crippen LogP contribution is 2.42. The standard InChI is InChI=1S/C17H26N2O2/c1-13(2)11-17(7-4-5-8-17)12-18-16(21)14-6-9-19(3)15(20)10-14/h6,9-10,13H,4-5,7-8,11-12H2,1-3H3,(H,18,21). The van der Waals surface area contributed by atoms with Gasteiger partial charge in [0.2, 0.25) is 0 Å². The third-order valence-corrected chi connectivity index (χ3v) is 4.50. The summed E-state index contributed by atoms with van der Waals surface area (Å²) in [6.45, 7) is 5.20. The number of aryl methyl sites for hydroxylation is 1. The molecule has 21 heavy (non-hydrogen) atoms. The average molecular weight is 290 g/mol. The smallest absolute Gasteiger partial charge is 0.251 e. The lowest BCUT2D eigenvalue weighted by molar-refractivity contribution is 0.0921. The second-order valence-corrected chi connectivity index (χ2v) is 6.85. The molecule has 2 rings (SSSR count). The first-order chi connectivity index (χ1) is 9.92. The highest BCUT2D eigenvalue weighted by Gasteiger charge is 2.34. The number of rotatable bonds is 5. The first-order valence-corrected chi connectivity index (χ1v) is 7.87. The molecule has 0 atom stereocenters. The van der Waals surface area contributed by atoms with E-state index >= 15 is 0 Å². The molecule has 116 valence electrons. The van der Waals surface area contributed by atoms with E-state index in [-0.39, 0.29) is 16.9 Å². The predicted octanol–water partition coefficient (Wildman–Crippen LogP) is 2.72. The van der Waals surface area contributed by atoms with E-state index in [2.05, 4.69) is 19.2 Å². The molecule has 4 nitrogen and oxygen atoms in total. The van der Waals surface area contributed by atoms with Crippen LogP contribution in [0, 0.1) is 11.3 Å². The molecule has 1 aromatic rings. The summed E-state index contributed by atoms with van der Waals surface area (Å²) in [6.07, 6.45) is 7.70. The Kier molecular flexibility index (Phi) is 4.86. The van der Waals surface area contributed by atoms with Gasteiger partial charge in [0.1, 0.15) is 0 Å². The van der Waals surface area contributed by atoms with Crippen molar-refractivity contribution in [3.8, 4) is 0 Å². The maximum atomic E-state index is 12.2. The van der Waals surface area contributed by atoms with Crippen molar-refractivity contribution in [3.63, 3.8) is 0 Å². The van der Waals surface area contributed by atoms with Crippen LogP contribution in [-0.4, -0.2) is 17.0 Å². The van der Waals surface area contributed by atoms with Gasteiger partial charge in [-0.25, -0.2) is 0 Å². The van der Waals surface area contributed by atoms with Crippen LogP contribution in [0.4, 0.5) is 0 Å². The fourth-order valence-corrected chi connectivity index (χ4v) is 3.50. The van der Waals surface area contributed by atoms with Crippen LogP contribution in [0.25, 0.3) is 0 Å². The molecule has 0 saturated heterocycles. The molecule has 0 aliphatic heterocycles. The molecule has 1 N–H and O–H groups in total. The summed E-state index contributed by atoms with van der Waals surface area (Å²) in [5, 5.41) is 3.05. The topological polar surface area (TPSA) is 51.1 Å². The maximum Gasteiger partial charge on any atom is 0.251 e. The van der Waals surface area contributed by atoms with E-state index in [1.54, 1.807) is 19.3 Å². The minimum Gasteiger partial charge on any atom is -0.351 e. The number of carbonyl (C=O) groups is 1. The van der Waals surface area contributed by atoms with Crippen LogP contribution in [0.5, 0.6) is 0 Å². The Balaban J connectivity index is 2.01. The highest BCUT2D eigenvalue weighted by molar-refractivity contribution is 5.93. The Morgan fingerprint density at radius 1 is 1.38 bits per heavy atom. The molecule has 0 radical (unpaired) electrons. The zero-order chi connectivity index (χ0) is 15.5. The van der Waals surface area contributed by atoms with Crippen LogP contribution in [0.15, 0.2) is 23.1 Å². The number of pyridine rings is 1. The quantitative estimate of drug-likeness (QED) is 0.906. The molecular weight excluding hydrogens is 264 g/mol. The molecule has 0 bridgehead atoms. The van der Waals surface area contributed by atoms with Crippen molar-refractivity contribution < 1.29 is 4.79 Å². The fourth-order valence-electron chi connectivity index (χ4n) is 3.50. The molecular formula is C17H26N2O2. The van der Waals surface area contributed by atoms with Crippen molar-refractivity contribution in [1.82, 2.24) is 9.88 Å². The van der Waals surface area contributed by atoms with Crippen molar-refractivity contribution in [2.75, 3.05) is 6.54 Å². The van der Waals surface area contributed by atoms with E-state index in [4.69, 9.17) is 0 Å². The lowest BCUT2D eigenvalue weighted by atomic mass is 9.78. The third kappa shape index (κ3) is 3.96. The first-order valence-electron chi connectivity index (χ1n) is 7.87. The number of aromatic nitrogens is 1. The molecule has 0 aromatic carbocycles. The monoisotopic (exact) mass is 290 g/mol. The minimum atomic E-state index is -0.152. The number of hydrogen-bond donors (Lipinski definition) is 1. The molecule has 1 heterocycles. The number of nitrogens with one attached hydrogen (secondary N) is 1. The van der Waals surface area contributed by atoms with Gasteiger partial charge in [0.15, 0.2) is 0 Å². The summed E-state index contributed by atoms with van der Waals surface area (Å²) in [5.74, 6) is 0.506. The van der Waals surface area contributed by atoms with Gasteiger partial charge >= 0.3 is 0 Å². The Morgan fingerprint density at radius 3 is 2.62 bits per heavy atom. The predicted molar refractivity (Wildman–Crippen MR) is 84.4 cm³/mol. The van der Waals surface area contributed by atoms with Crippen LogP contribution < -0.4 is 10.9 Å². The van der Waals surface area contributed by atoms with Gasteiger partial charge < -0.3 is 9.88 Å². The Bertz CT molecular complexity index is 554. The summed E-state index contributed by atoms with van der Waals surface area (Å²) < 4.78 is 1.47. The van der Waals surface area contributed by atoms with Gasteiger partial charge in [-0.3, -0.25) is 9.59 Å². The van der Waals surface area contributed by atoms with E-state index < -0.39 is 0 Å². The highest BCUT2D eigenvalue weighted by atomic mass is 16.2. The maximum absolute atomic E-state index is 12.2. The molecule has 1 amide bonds. The van der Waals surface area contributed by atoms with Crippen LogP contribution >= 0.6 is 0 Å². The van der Waals surface area contributed by atoms with Gasteiger partial charge in [-0.15, -0.1) is 0 Å². The van der Waals surface area contributed by atoms with Crippen molar-refractivity contribution in [2.45, 2.75) is 46.0 Å². The Morgan fingerprint density at radius 2 is 2.05 bits per heavy atom. The lowest BCUT2D eigenvalue weighted by Crippen LogP contribution is -2.37. The van der Waals surface area contributed by atoms with E-state index in [9.17, 15) is 9.59 Å². The molecule has 1 aliphatic rings. The minimum absolute atomic E-state index is 0.136. The van der Waals surface area contributed by atoms with Crippen molar-refractivity contribution in [1.29, 1.82) is 0 Å². The summed E-state index contributed by atoms with van der Waals surface area (Å²) in [4.78, 5) is 23.8. The van der Waals surface area contributed by atoms with Crippen LogP contribution in [0.1, 0.15) is 56.3 Å². The molecule has 0 spiro atoms. The Hall–Kier alpha value is -1.58. The van der Waals surface area contributed by atoms with Gasteiger partial charge in [0.25, 0.3) is 11.5 Å². The van der Waals surface area contributed by atoms with E-state index in [1.807, 2.05) is 0 Å². The second-order valence-electron chi connectivity index (χ2n) is 6.85. The molecule has 1 fully saturated rings. The average Bonchev–Trinajstić information content (AvgIpc) is 2.87. The van der Waals surface area contributed by atoms with Gasteiger partial charge in [-0.05, 0) is 36.7 Å². The summed E-state index contributed by atoms with van der Waals surface area (Å²) >= 11 is 0. The Labute approximate surface area is 126 Å². The van der Waals surface area contributed by atoms with Gasteiger partial charge in [-0.1, -0.05) is 26.7 Å². The SMILES string of the molecule is CC(C)CC1(CNC(=O)c2ccn(C)c(=O)c2)CCCC1. The van der Waals surface area contributed by atoms with Crippen molar-refractivity contribution >= 4 is 5.91 Å². The molecule has 4 heteroatoms. The second kappa shape index (κ2) is 6.46. The van der Waals surface area contributed by atoms with Crippen LogP contribution in [0.3, 0.4) is 0 Å². The first kappa shape index (κ1) is 15.8. The largest absolute Gasteiger partial charge is 0.351 e. The molecule has 1 aromatic heterocycles. The number of hydrogen-bond acceptors (Lipinski definition) is 2. The zero-order valence-electron chi connectivity index (χ0n) is 13.3. The van der Waals surface area contributed by atoms with Gasteiger partial charge in [0.05, 0.1) is 0 Å². The lowest BCUT2D eigenvalue weighted by Gasteiger charge is -2.31. The number of nitrogens with zero attached hydrogens (tertiary/aromatic N) is 1. The van der Waals surface area contributed by atoms with Crippen LogP contribution in [0.2, 0.25) is 0 Å². The van der Waals surface area contributed by atoms with Crippen molar-refractivity contribution in [2.24, 2.45) is 18.4 Å².